The highest BCUT2D eigenvalue weighted by Gasteiger charge is 2.16. The molecular weight excluding hydrogens is 306 g/mol. The second kappa shape index (κ2) is 4.76. The fourth-order valence-electron chi connectivity index (χ4n) is 2.79. The third-order valence-corrected chi connectivity index (χ3v) is 4.86. The molecule has 0 bridgehead atoms. The lowest BCUT2D eigenvalue weighted by Crippen LogP contribution is -1.89. The number of nitrogens with zero attached hydrogens (tertiary/aromatic N) is 5. The van der Waals surface area contributed by atoms with Crippen molar-refractivity contribution in [3.63, 3.8) is 0 Å². The maximum atomic E-state index is 4.53. The molecule has 0 unspecified atom stereocenters. The smallest absolute Gasteiger partial charge is 0.144 e. The van der Waals surface area contributed by atoms with Crippen LogP contribution >= 0.6 is 11.3 Å². The Balaban J connectivity index is 1.93. The number of hydrogen-bond donors (Lipinski definition) is 0. The van der Waals surface area contributed by atoms with Crippen LogP contribution in [-0.4, -0.2) is 24.9 Å². The lowest BCUT2D eigenvalue weighted by atomic mass is 10.1. The van der Waals surface area contributed by atoms with Crippen LogP contribution in [0.25, 0.3) is 42.7 Å². The number of para-hydroxylation sites is 1. The van der Waals surface area contributed by atoms with Crippen molar-refractivity contribution in [2.24, 2.45) is 0 Å². The SMILES string of the molecule is c1cnc2c(-c3ncnc4c3sc3nccnc34)cccc2c1. The van der Waals surface area contributed by atoms with E-state index in [0.717, 1.165) is 42.7 Å². The van der Waals surface area contributed by atoms with Crippen LogP contribution in [0.3, 0.4) is 0 Å². The number of fused-ring (bicyclic) bond motifs is 4. The van der Waals surface area contributed by atoms with E-state index in [1.807, 2.05) is 18.2 Å². The maximum Gasteiger partial charge on any atom is 0.144 e. The van der Waals surface area contributed by atoms with Crippen molar-refractivity contribution >= 4 is 42.8 Å². The van der Waals surface area contributed by atoms with Gasteiger partial charge in [-0.3, -0.25) is 4.98 Å². The number of pyridine rings is 1. The van der Waals surface area contributed by atoms with E-state index >= 15 is 0 Å². The van der Waals surface area contributed by atoms with Crippen molar-refractivity contribution < 1.29 is 0 Å². The molecule has 0 aliphatic rings. The Kier molecular flexibility index (Phi) is 2.59. The first kappa shape index (κ1) is 12.5. The van der Waals surface area contributed by atoms with Gasteiger partial charge in [0.25, 0.3) is 0 Å². The van der Waals surface area contributed by atoms with E-state index in [9.17, 15) is 0 Å². The van der Waals surface area contributed by atoms with E-state index in [-0.39, 0.29) is 0 Å². The Morgan fingerprint density at radius 3 is 2.57 bits per heavy atom. The second-order valence-electron chi connectivity index (χ2n) is 5.09. The zero-order valence-corrected chi connectivity index (χ0v) is 12.7. The van der Waals surface area contributed by atoms with Crippen molar-refractivity contribution in [2.45, 2.75) is 0 Å². The lowest BCUT2D eigenvalue weighted by molar-refractivity contribution is 1.23. The van der Waals surface area contributed by atoms with Crippen molar-refractivity contribution in [1.82, 2.24) is 24.9 Å². The Morgan fingerprint density at radius 1 is 0.696 bits per heavy atom. The molecule has 0 aliphatic carbocycles. The van der Waals surface area contributed by atoms with Crippen LogP contribution in [0.2, 0.25) is 0 Å². The van der Waals surface area contributed by atoms with Gasteiger partial charge < -0.3 is 0 Å². The zero-order valence-electron chi connectivity index (χ0n) is 11.8. The molecule has 0 fully saturated rings. The monoisotopic (exact) mass is 315 g/mol. The topological polar surface area (TPSA) is 64.5 Å². The van der Waals surface area contributed by atoms with E-state index in [4.69, 9.17) is 0 Å². The van der Waals surface area contributed by atoms with E-state index in [2.05, 4.69) is 37.1 Å². The Morgan fingerprint density at radius 2 is 1.57 bits per heavy atom. The predicted octanol–water partition coefficient (Wildman–Crippen LogP) is 3.85. The quantitative estimate of drug-likeness (QED) is 0.470. The molecule has 108 valence electrons. The van der Waals surface area contributed by atoms with E-state index < -0.39 is 0 Å². The molecular formula is C17H9N5S. The normalized spacial score (nSPS) is 11.5. The van der Waals surface area contributed by atoms with Gasteiger partial charge in [-0.1, -0.05) is 24.3 Å². The van der Waals surface area contributed by atoms with Gasteiger partial charge in [0, 0.05) is 29.5 Å². The highest BCUT2D eigenvalue weighted by molar-refractivity contribution is 7.25. The molecule has 6 heteroatoms. The minimum absolute atomic E-state index is 0.823. The highest BCUT2D eigenvalue weighted by Crippen LogP contribution is 2.37. The molecule has 4 aromatic heterocycles. The standard InChI is InChI=1S/C17H9N5S/c1-3-10-4-2-6-18-12(10)11(5-1)13-16-14(22-9-21-13)15-17(23-16)20-8-7-19-15/h1-9H. The minimum Gasteiger partial charge on any atom is -0.256 e. The molecule has 0 saturated heterocycles. The van der Waals surface area contributed by atoms with E-state index in [1.54, 1.807) is 36.3 Å². The summed E-state index contributed by atoms with van der Waals surface area (Å²) in [5.74, 6) is 0. The molecule has 0 radical (unpaired) electrons. The fraction of sp³-hybridized carbons (Fsp3) is 0. The van der Waals surface area contributed by atoms with Crippen molar-refractivity contribution in [1.29, 1.82) is 0 Å². The molecule has 5 rings (SSSR count). The second-order valence-corrected chi connectivity index (χ2v) is 6.09. The summed E-state index contributed by atoms with van der Waals surface area (Å²) in [6.07, 6.45) is 6.78. The maximum absolute atomic E-state index is 4.53. The molecule has 0 spiro atoms. The minimum atomic E-state index is 0.823. The molecule has 5 nitrogen and oxygen atoms in total. The van der Waals surface area contributed by atoms with Gasteiger partial charge in [0.2, 0.25) is 0 Å². The van der Waals surface area contributed by atoms with Crippen LogP contribution < -0.4 is 0 Å². The molecule has 0 atom stereocenters. The molecule has 4 heterocycles. The van der Waals surface area contributed by atoms with Crippen LogP contribution in [0.1, 0.15) is 0 Å². The molecule has 0 saturated carbocycles. The van der Waals surface area contributed by atoms with Crippen LogP contribution in [0.15, 0.2) is 55.2 Å². The van der Waals surface area contributed by atoms with Crippen LogP contribution in [0.5, 0.6) is 0 Å². The number of thiophene rings is 1. The molecule has 0 aliphatic heterocycles. The van der Waals surface area contributed by atoms with E-state index in [0.29, 0.717) is 0 Å². The summed E-state index contributed by atoms with van der Waals surface area (Å²) in [5.41, 5.74) is 4.49. The number of benzene rings is 1. The summed E-state index contributed by atoms with van der Waals surface area (Å²) < 4.78 is 0.992. The molecule has 0 amide bonds. The number of aromatic nitrogens is 5. The van der Waals surface area contributed by atoms with Gasteiger partial charge in [-0.2, -0.15) is 0 Å². The van der Waals surface area contributed by atoms with Gasteiger partial charge in [-0.15, -0.1) is 11.3 Å². The Labute approximate surface area is 134 Å². The van der Waals surface area contributed by atoms with Gasteiger partial charge >= 0.3 is 0 Å². The molecule has 1 aromatic carbocycles. The van der Waals surface area contributed by atoms with Gasteiger partial charge in [-0.05, 0) is 6.07 Å². The molecule has 23 heavy (non-hydrogen) atoms. The third kappa shape index (κ3) is 1.82. The summed E-state index contributed by atoms with van der Waals surface area (Å²) in [5, 5.41) is 1.09. The fourth-order valence-corrected chi connectivity index (χ4v) is 3.84. The zero-order chi connectivity index (χ0) is 15.2. The molecule has 5 aromatic rings. The van der Waals surface area contributed by atoms with Crippen molar-refractivity contribution in [2.75, 3.05) is 0 Å². The molecule has 0 N–H and O–H groups in total. The van der Waals surface area contributed by atoms with Crippen molar-refractivity contribution in [3.8, 4) is 11.3 Å². The first-order valence-electron chi connectivity index (χ1n) is 7.10. The first-order chi connectivity index (χ1) is 11.4. The summed E-state index contributed by atoms with van der Waals surface area (Å²) in [6, 6.07) is 10.1. The van der Waals surface area contributed by atoms with Gasteiger partial charge in [0.15, 0.2) is 0 Å². The number of rotatable bonds is 1. The summed E-state index contributed by atoms with van der Waals surface area (Å²) in [7, 11) is 0. The largest absolute Gasteiger partial charge is 0.256 e. The van der Waals surface area contributed by atoms with Crippen LogP contribution in [-0.2, 0) is 0 Å². The van der Waals surface area contributed by atoms with Gasteiger partial charge in [-0.25, -0.2) is 19.9 Å². The summed E-state index contributed by atoms with van der Waals surface area (Å²) >= 11 is 1.57. The summed E-state index contributed by atoms with van der Waals surface area (Å²) in [6.45, 7) is 0. The van der Waals surface area contributed by atoms with Crippen molar-refractivity contribution in [3.05, 3.63) is 55.2 Å². The Bertz CT molecular complexity index is 1180. The predicted molar refractivity (Wildman–Crippen MR) is 91.2 cm³/mol. The van der Waals surface area contributed by atoms with E-state index in [1.165, 1.54) is 0 Å². The third-order valence-electron chi connectivity index (χ3n) is 3.78. The average Bonchev–Trinajstić information content (AvgIpc) is 3.00. The van der Waals surface area contributed by atoms with Crippen LogP contribution in [0.4, 0.5) is 0 Å². The summed E-state index contributed by atoms with van der Waals surface area (Å²) in [4.78, 5) is 23.1. The lowest BCUT2D eigenvalue weighted by Gasteiger charge is -2.05. The first-order valence-corrected chi connectivity index (χ1v) is 7.92. The Hall–Kier alpha value is -2.99. The van der Waals surface area contributed by atoms with Gasteiger partial charge in [0.05, 0.1) is 15.9 Å². The van der Waals surface area contributed by atoms with Gasteiger partial charge in [0.1, 0.15) is 22.2 Å². The highest BCUT2D eigenvalue weighted by atomic mass is 32.1. The average molecular weight is 315 g/mol. The number of hydrogen-bond acceptors (Lipinski definition) is 6. The van der Waals surface area contributed by atoms with Crippen LogP contribution in [0, 0.1) is 0 Å².